The molecule has 7 heteroatoms. The van der Waals surface area contributed by atoms with Crippen LogP contribution in [0.5, 0.6) is 0 Å². The Kier molecular flexibility index (Phi) is 9.42. The lowest BCUT2D eigenvalue weighted by molar-refractivity contribution is -0.245. The van der Waals surface area contributed by atoms with Crippen LogP contribution < -0.4 is 5.32 Å². The Labute approximate surface area is 131 Å². The van der Waals surface area contributed by atoms with Crippen molar-refractivity contribution in [3.05, 3.63) is 0 Å². The first-order valence-electron chi connectivity index (χ1n) is 8.24. The van der Waals surface area contributed by atoms with Crippen LogP contribution in [0.3, 0.4) is 0 Å². The summed E-state index contributed by atoms with van der Waals surface area (Å²) in [5, 5.41) is 49.9. The molecule has 22 heavy (non-hydrogen) atoms. The van der Waals surface area contributed by atoms with Crippen molar-refractivity contribution in [2.45, 2.75) is 69.0 Å². The van der Waals surface area contributed by atoms with Crippen LogP contribution in [0.2, 0.25) is 0 Å². The summed E-state index contributed by atoms with van der Waals surface area (Å²) in [5.74, 6) is -2.07. The Morgan fingerprint density at radius 3 is 2.05 bits per heavy atom. The van der Waals surface area contributed by atoms with Gasteiger partial charge in [0.15, 0.2) is 0 Å². The zero-order chi connectivity index (χ0) is 16.4. The van der Waals surface area contributed by atoms with Crippen molar-refractivity contribution < 1.29 is 30.3 Å². The second-order valence-corrected chi connectivity index (χ2v) is 6.00. The molecule has 0 radical (unpaired) electrons. The fourth-order valence-corrected chi connectivity index (χ4v) is 2.65. The average molecular weight is 321 g/mol. The summed E-state index contributed by atoms with van der Waals surface area (Å²) in [7, 11) is 0. The van der Waals surface area contributed by atoms with E-state index >= 15 is 0 Å². The molecule has 0 bridgehead atoms. The van der Waals surface area contributed by atoms with Gasteiger partial charge in [-0.25, -0.2) is 0 Å². The highest BCUT2D eigenvalue weighted by molar-refractivity contribution is 4.95. The van der Waals surface area contributed by atoms with Crippen molar-refractivity contribution in [1.82, 2.24) is 5.32 Å². The molecule has 0 aliphatic carbocycles. The van der Waals surface area contributed by atoms with Crippen molar-refractivity contribution in [2.75, 3.05) is 26.3 Å². The highest BCUT2D eigenvalue weighted by Crippen LogP contribution is 2.28. The van der Waals surface area contributed by atoms with Crippen molar-refractivity contribution >= 4 is 0 Å². The van der Waals surface area contributed by atoms with Crippen LogP contribution >= 0.6 is 0 Å². The van der Waals surface area contributed by atoms with Gasteiger partial charge in [0, 0.05) is 13.2 Å². The van der Waals surface area contributed by atoms with E-state index in [-0.39, 0.29) is 6.61 Å². The largest absolute Gasteiger partial charge is 0.396 e. The molecule has 6 N–H and O–H groups in total. The number of nitrogens with one attached hydrogen (secondary N) is 1. The third-order valence-corrected chi connectivity index (χ3v) is 4.11. The monoisotopic (exact) mass is 321 g/mol. The molecular formula is C15H31NO6. The first-order chi connectivity index (χ1) is 10.5. The van der Waals surface area contributed by atoms with Crippen molar-refractivity contribution in [1.29, 1.82) is 0 Å². The topological polar surface area (TPSA) is 122 Å². The number of unbranched alkanes of at least 4 members (excludes halogenated alkanes) is 6. The Balaban J connectivity index is 2.01. The van der Waals surface area contributed by atoms with Crippen LogP contribution in [0.4, 0.5) is 0 Å². The van der Waals surface area contributed by atoms with Gasteiger partial charge < -0.3 is 35.6 Å². The summed E-state index contributed by atoms with van der Waals surface area (Å²) in [6.45, 7) is 0.616. The van der Waals surface area contributed by atoms with Gasteiger partial charge in [-0.05, 0) is 19.4 Å². The number of hydrogen-bond donors (Lipinski definition) is 6. The molecule has 0 amide bonds. The quantitative estimate of drug-likeness (QED) is 0.258. The smallest absolute Gasteiger partial charge is 0.219 e. The summed E-state index contributed by atoms with van der Waals surface area (Å²) >= 11 is 0. The molecule has 1 fully saturated rings. The molecule has 7 nitrogen and oxygen atoms in total. The maximum atomic E-state index is 9.76. The fourth-order valence-electron chi connectivity index (χ4n) is 2.65. The van der Waals surface area contributed by atoms with Crippen LogP contribution in [0.1, 0.15) is 44.9 Å². The Bertz CT molecular complexity index is 293. The van der Waals surface area contributed by atoms with E-state index in [2.05, 4.69) is 5.32 Å². The van der Waals surface area contributed by atoms with Crippen LogP contribution in [-0.2, 0) is 4.74 Å². The molecule has 1 saturated heterocycles. The number of aliphatic hydroxyl groups is 5. The normalized spacial score (nSPS) is 31.8. The minimum absolute atomic E-state index is 0.277. The summed E-state index contributed by atoms with van der Waals surface area (Å²) < 4.78 is 5.13. The standard InChI is InChI=1S/C15H31NO6/c17-9-7-5-3-1-2-4-6-8-16-10-12-13(19)14(20)15(21,11-18)22-12/h12-14,16-21H,1-11H2/t12-,13+,14-,15+/m1/s1. The molecular weight excluding hydrogens is 290 g/mol. The van der Waals surface area contributed by atoms with Crippen LogP contribution in [0.15, 0.2) is 0 Å². The minimum atomic E-state index is -2.07. The van der Waals surface area contributed by atoms with E-state index < -0.39 is 30.7 Å². The molecule has 0 unspecified atom stereocenters. The molecule has 4 atom stereocenters. The van der Waals surface area contributed by atoms with Gasteiger partial charge in [-0.15, -0.1) is 0 Å². The molecule has 0 spiro atoms. The third-order valence-electron chi connectivity index (χ3n) is 4.11. The third kappa shape index (κ3) is 6.08. The van der Waals surface area contributed by atoms with E-state index in [1.807, 2.05) is 0 Å². The van der Waals surface area contributed by atoms with E-state index in [0.717, 1.165) is 38.6 Å². The highest BCUT2D eigenvalue weighted by Gasteiger charge is 2.52. The zero-order valence-corrected chi connectivity index (χ0v) is 13.2. The van der Waals surface area contributed by atoms with Crippen LogP contribution in [0.25, 0.3) is 0 Å². The van der Waals surface area contributed by atoms with Gasteiger partial charge in [-0.1, -0.05) is 32.1 Å². The highest BCUT2D eigenvalue weighted by atomic mass is 16.7. The van der Waals surface area contributed by atoms with Gasteiger partial charge in [0.05, 0.1) is 6.61 Å². The number of ether oxygens (including phenoxy) is 1. The first-order valence-corrected chi connectivity index (χ1v) is 8.24. The predicted molar refractivity (Wildman–Crippen MR) is 81.2 cm³/mol. The minimum Gasteiger partial charge on any atom is -0.396 e. The van der Waals surface area contributed by atoms with E-state index in [1.54, 1.807) is 0 Å². The van der Waals surface area contributed by atoms with E-state index in [9.17, 15) is 15.3 Å². The van der Waals surface area contributed by atoms with Gasteiger partial charge in [0.25, 0.3) is 0 Å². The van der Waals surface area contributed by atoms with Crippen LogP contribution in [0, 0.1) is 0 Å². The van der Waals surface area contributed by atoms with E-state index in [4.69, 9.17) is 14.9 Å². The SMILES string of the molecule is OCCCCCCCCCNC[C@H]1O[C@@](O)(CO)[C@H](O)[C@H]1O. The van der Waals surface area contributed by atoms with Crippen molar-refractivity contribution in [3.63, 3.8) is 0 Å². The second kappa shape index (κ2) is 10.5. The number of aliphatic hydroxyl groups excluding tert-OH is 4. The molecule has 0 aromatic carbocycles. The molecule has 0 saturated carbocycles. The van der Waals surface area contributed by atoms with Crippen molar-refractivity contribution in [3.8, 4) is 0 Å². The molecule has 1 aliphatic rings. The average Bonchev–Trinajstić information content (AvgIpc) is 2.74. The fraction of sp³-hybridized carbons (Fsp3) is 1.00. The maximum absolute atomic E-state index is 9.76. The van der Waals surface area contributed by atoms with Crippen molar-refractivity contribution in [2.24, 2.45) is 0 Å². The first kappa shape index (κ1) is 19.8. The van der Waals surface area contributed by atoms with Gasteiger partial charge in [-0.3, -0.25) is 0 Å². The molecule has 1 aliphatic heterocycles. The second-order valence-electron chi connectivity index (χ2n) is 6.00. The lowest BCUT2D eigenvalue weighted by Crippen LogP contribution is -2.46. The van der Waals surface area contributed by atoms with Gasteiger partial charge in [-0.2, -0.15) is 0 Å². The number of rotatable bonds is 12. The van der Waals surface area contributed by atoms with E-state index in [0.29, 0.717) is 6.54 Å². The molecule has 132 valence electrons. The van der Waals surface area contributed by atoms with E-state index in [1.165, 1.54) is 12.8 Å². The lowest BCUT2D eigenvalue weighted by atomic mass is 10.1. The lowest BCUT2D eigenvalue weighted by Gasteiger charge is -2.22. The summed E-state index contributed by atoms with van der Waals surface area (Å²) in [4.78, 5) is 0. The summed E-state index contributed by atoms with van der Waals surface area (Å²) in [5.41, 5.74) is 0. The predicted octanol–water partition coefficient (Wildman–Crippen LogP) is -0.899. The van der Waals surface area contributed by atoms with Gasteiger partial charge in [0.1, 0.15) is 18.3 Å². The molecule has 1 rings (SSSR count). The Morgan fingerprint density at radius 1 is 0.909 bits per heavy atom. The summed E-state index contributed by atoms with van der Waals surface area (Å²) in [6, 6.07) is 0. The zero-order valence-electron chi connectivity index (χ0n) is 13.2. The van der Waals surface area contributed by atoms with Gasteiger partial charge >= 0.3 is 0 Å². The number of hydrogen-bond acceptors (Lipinski definition) is 7. The summed E-state index contributed by atoms with van der Waals surface area (Å²) in [6.07, 6.45) is 4.16. The molecule has 0 aromatic heterocycles. The van der Waals surface area contributed by atoms with Gasteiger partial charge in [0.2, 0.25) is 5.79 Å². The Morgan fingerprint density at radius 2 is 1.50 bits per heavy atom. The molecule has 0 aromatic rings. The maximum Gasteiger partial charge on any atom is 0.219 e. The molecule has 1 heterocycles. The Hall–Kier alpha value is -0.280. The van der Waals surface area contributed by atoms with Crippen LogP contribution in [-0.4, -0.2) is 75.9 Å².